The fourth-order valence-corrected chi connectivity index (χ4v) is 3.18. The van der Waals surface area contributed by atoms with Crippen LogP contribution < -0.4 is 10.2 Å². The molecule has 0 saturated carbocycles. The standard InChI is InChI=1S/C15H20N2O3S/c1-3-12(9-21-2)16-15(20)17-7-6-10-8-11(14(18)19)4-5-13(10)17/h4-5,8,12H,3,6-7,9H2,1-2H3,(H,16,20)(H,18,19). The number of anilines is 1. The van der Waals surface area contributed by atoms with Crippen LogP contribution in [0.2, 0.25) is 0 Å². The average molecular weight is 308 g/mol. The molecule has 1 aromatic carbocycles. The lowest BCUT2D eigenvalue weighted by Gasteiger charge is -2.22. The number of nitrogens with zero attached hydrogens (tertiary/aromatic N) is 1. The molecule has 1 unspecified atom stereocenters. The van der Waals surface area contributed by atoms with Crippen molar-refractivity contribution in [3.8, 4) is 0 Å². The van der Waals surface area contributed by atoms with Crippen molar-refractivity contribution < 1.29 is 14.7 Å². The quantitative estimate of drug-likeness (QED) is 0.877. The van der Waals surface area contributed by atoms with E-state index in [1.807, 2.05) is 6.26 Å². The fraction of sp³-hybridized carbons (Fsp3) is 0.467. The molecular weight excluding hydrogens is 288 g/mol. The van der Waals surface area contributed by atoms with E-state index in [0.29, 0.717) is 13.0 Å². The third kappa shape index (κ3) is 3.50. The maximum Gasteiger partial charge on any atom is 0.335 e. The summed E-state index contributed by atoms with van der Waals surface area (Å²) in [5.41, 5.74) is 2.00. The first kappa shape index (κ1) is 15.7. The second-order valence-electron chi connectivity index (χ2n) is 5.06. The zero-order chi connectivity index (χ0) is 15.4. The van der Waals surface area contributed by atoms with E-state index in [2.05, 4.69) is 12.2 Å². The highest BCUT2D eigenvalue weighted by atomic mass is 32.2. The predicted molar refractivity (Wildman–Crippen MR) is 85.4 cm³/mol. The molecule has 0 saturated heterocycles. The van der Waals surface area contributed by atoms with Gasteiger partial charge in [0.25, 0.3) is 0 Å². The van der Waals surface area contributed by atoms with E-state index in [1.54, 1.807) is 34.9 Å². The number of carbonyl (C=O) groups excluding carboxylic acids is 1. The van der Waals surface area contributed by atoms with Crippen molar-refractivity contribution in [3.63, 3.8) is 0 Å². The molecule has 1 aromatic rings. The molecule has 5 nitrogen and oxygen atoms in total. The van der Waals surface area contributed by atoms with E-state index in [4.69, 9.17) is 5.11 Å². The van der Waals surface area contributed by atoms with Crippen LogP contribution in [0.1, 0.15) is 29.3 Å². The molecule has 114 valence electrons. The summed E-state index contributed by atoms with van der Waals surface area (Å²) in [6.45, 7) is 2.65. The molecule has 1 heterocycles. The molecule has 2 N–H and O–H groups in total. The van der Waals surface area contributed by atoms with Crippen LogP contribution >= 0.6 is 11.8 Å². The van der Waals surface area contributed by atoms with Crippen molar-refractivity contribution >= 4 is 29.4 Å². The van der Waals surface area contributed by atoms with Gasteiger partial charge in [-0.1, -0.05) is 6.92 Å². The van der Waals surface area contributed by atoms with Crippen molar-refractivity contribution in [2.75, 3.05) is 23.5 Å². The number of nitrogens with one attached hydrogen (secondary N) is 1. The number of carboxylic acids is 1. The number of benzene rings is 1. The number of fused-ring (bicyclic) bond motifs is 1. The Balaban J connectivity index is 2.11. The first-order valence-corrected chi connectivity index (χ1v) is 8.39. The van der Waals surface area contributed by atoms with Gasteiger partial charge in [-0.3, -0.25) is 4.90 Å². The zero-order valence-corrected chi connectivity index (χ0v) is 13.1. The Morgan fingerprint density at radius 3 is 2.86 bits per heavy atom. The summed E-state index contributed by atoms with van der Waals surface area (Å²) in [7, 11) is 0. The van der Waals surface area contributed by atoms with Gasteiger partial charge in [0.1, 0.15) is 0 Å². The summed E-state index contributed by atoms with van der Waals surface area (Å²) in [5.74, 6) is -0.0485. The van der Waals surface area contributed by atoms with Crippen LogP contribution in [0.3, 0.4) is 0 Å². The van der Waals surface area contributed by atoms with Crippen molar-refractivity contribution in [1.82, 2.24) is 5.32 Å². The van der Waals surface area contributed by atoms with Crippen LogP contribution in [0.25, 0.3) is 0 Å². The molecule has 0 aromatic heterocycles. The van der Waals surface area contributed by atoms with Crippen LogP contribution in [0.4, 0.5) is 10.5 Å². The van der Waals surface area contributed by atoms with Gasteiger partial charge in [0.15, 0.2) is 0 Å². The SMILES string of the molecule is CCC(CSC)NC(=O)N1CCc2cc(C(=O)O)ccc21. The normalized spacial score (nSPS) is 14.7. The number of carbonyl (C=O) groups is 2. The van der Waals surface area contributed by atoms with Gasteiger partial charge in [0.2, 0.25) is 0 Å². The summed E-state index contributed by atoms with van der Waals surface area (Å²) in [4.78, 5) is 25.0. The maximum atomic E-state index is 12.4. The van der Waals surface area contributed by atoms with E-state index >= 15 is 0 Å². The van der Waals surface area contributed by atoms with E-state index in [9.17, 15) is 9.59 Å². The van der Waals surface area contributed by atoms with E-state index < -0.39 is 5.97 Å². The van der Waals surface area contributed by atoms with Gasteiger partial charge in [-0.15, -0.1) is 0 Å². The van der Waals surface area contributed by atoms with Crippen molar-refractivity contribution in [2.24, 2.45) is 0 Å². The van der Waals surface area contributed by atoms with Gasteiger partial charge in [0.05, 0.1) is 5.56 Å². The molecule has 1 atom stereocenters. The van der Waals surface area contributed by atoms with Crippen LogP contribution in [0, 0.1) is 0 Å². The number of hydrogen-bond acceptors (Lipinski definition) is 3. The molecule has 0 fully saturated rings. The van der Waals surface area contributed by atoms with Crippen molar-refractivity contribution in [1.29, 1.82) is 0 Å². The predicted octanol–water partition coefficient (Wildman–Crippen LogP) is 2.60. The minimum Gasteiger partial charge on any atom is -0.478 e. The summed E-state index contributed by atoms with van der Waals surface area (Å²) in [6, 6.07) is 4.99. The van der Waals surface area contributed by atoms with Crippen molar-refractivity contribution in [2.45, 2.75) is 25.8 Å². The first-order valence-electron chi connectivity index (χ1n) is 7.00. The number of hydrogen-bond donors (Lipinski definition) is 2. The average Bonchev–Trinajstić information content (AvgIpc) is 2.89. The highest BCUT2D eigenvalue weighted by Crippen LogP contribution is 2.29. The second kappa shape index (κ2) is 6.85. The molecule has 21 heavy (non-hydrogen) atoms. The monoisotopic (exact) mass is 308 g/mol. The van der Waals surface area contributed by atoms with Gasteiger partial charge in [0, 0.05) is 24.0 Å². The smallest absolute Gasteiger partial charge is 0.335 e. The van der Waals surface area contributed by atoms with Gasteiger partial charge in [-0.25, -0.2) is 9.59 Å². The Kier molecular flexibility index (Phi) is 5.12. The lowest BCUT2D eigenvalue weighted by molar-refractivity contribution is 0.0697. The second-order valence-corrected chi connectivity index (χ2v) is 5.97. The molecule has 1 aliphatic heterocycles. The number of carboxylic acid groups (broad SMARTS) is 1. The molecular formula is C15H20N2O3S. The molecule has 2 rings (SSSR count). The Morgan fingerprint density at radius 2 is 2.24 bits per heavy atom. The summed E-state index contributed by atoms with van der Waals surface area (Å²) in [5, 5.41) is 12.0. The Morgan fingerprint density at radius 1 is 1.48 bits per heavy atom. The van der Waals surface area contributed by atoms with Gasteiger partial charge in [-0.05, 0) is 42.9 Å². The third-order valence-electron chi connectivity index (χ3n) is 3.66. The molecule has 0 radical (unpaired) electrons. The van der Waals surface area contributed by atoms with Crippen LogP contribution in [0.5, 0.6) is 0 Å². The van der Waals surface area contributed by atoms with Crippen molar-refractivity contribution in [3.05, 3.63) is 29.3 Å². The summed E-state index contributed by atoms with van der Waals surface area (Å²) in [6.07, 6.45) is 3.61. The molecule has 6 heteroatoms. The molecule has 0 bridgehead atoms. The van der Waals surface area contributed by atoms with E-state index in [1.165, 1.54) is 0 Å². The van der Waals surface area contributed by atoms with E-state index in [-0.39, 0.29) is 17.6 Å². The van der Waals surface area contributed by atoms with Crippen LogP contribution in [-0.2, 0) is 6.42 Å². The minimum atomic E-state index is -0.938. The van der Waals surface area contributed by atoms with Crippen LogP contribution in [0.15, 0.2) is 18.2 Å². The molecule has 2 amide bonds. The number of amides is 2. The largest absolute Gasteiger partial charge is 0.478 e. The molecule has 0 spiro atoms. The topological polar surface area (TPSA) is 69.6 Å². The number of thioether (sulfide) groups is 1. The third-order valence-corrected chi connectivity index (χ3v) is 4.39. The molecule has 1 aliphatic rings. The lowest BCUT2D eigenvalue weighted by atomic mass is 10.1. The summed E-state index contributed by atoms with van der Waals surface area (Å²) < 4.78 is 0. The minimum absolute atomic E-state index is 0.0993. The Labute approximate surface area is 128 Å². The summed E-state index contributed by atoms with van der Waals surface area (Å²) >= 11 is 1.71. The fourth-order valence-electron chi connectivity index (χ4n) is 2.46. The lowest BCUT2D eigenvalue weighted by Crippen LogP contribution is -2.45. The zero-order valence-electron chi connectivity index (χ0n) is 12.3. The Hall–Kier alpha value is -1.69. The number of rotatable bonds is 5. The Bertz CT molecular complexity index is 548. The van der Waals surface area contributed by atoms with Gasteiger partial charge >= 0.3 is 12.0 Å². The van der Waals surface area contributed by atoms with Gasteiger partial charge < -0.3 is 10.4 Å². The molecule has 0 aliphatic carbocycles. The first-order chi connectivity index (χ1) is 10.1. The highest BCUT2D eigenvalue weighted by Gasteiger charge is 2.26. The maximum absolute atomic E-state index is 12.4. The van der Waals surface area contributed by atoms with Crippen LogP contribution in [-0.4, -0.2) is 41.7 Å². The highest BCUT2D eigenvalue weighted by molar-refractivity contribution is 7.98. The van der Waals surface area contributed by atoms with E-state index in [0.717, 1.165) is 23.4 Å². The van der Waals surface area contributed by atoms with Gasteiger partial charge in [-0.2, -0.15) is 11.8 Å². The number of urea groups is 1. The number of aromatic carboxylic acids is 1.